The third kappa shape index (κ3) is 4.70. The van der Waals surface area contributed by atoms with E-state index in [1.54, 1.807) is 24.1 Å². The summed E-state index contributed by atoms with van der Waals surface area (Å²) in [7, 11) is 1.79. The predicted molar refractivity (Wildman–Crippen MR) is 126 cm³/mol. The molecule has 0 saturated carbocycles. The first-order valence-corrected chi connectivity index (χ1v) is 11.2. The molecular weight excluding hydrogens is 431 g/mol. The van der Waals surface area contributed by atoms with Crippen molar-refractivity contribution < 1.29 is 9.59 Å². The van der Waals surface area contributed by atoms with Gasteiger partial charge in [-0.15, -0.1) is 0 Å². The highest BCUT2D eigenvalue weighted by Gasteiger charge is 2.30. The summed E-state index contributed by atoms with van der Waals surface area (Å²) < 4.78 is 0. The highest BCUT2D eigenvalue weighted by molar-refractivity contribution is 6.35. The largest absolute Gasteiger partial charge is 0.341 e. The van der Waals surface area contributed by atoms with Gasteiger partial charge in [0, 0.05) is 48.2 Å². The number of nitrogens with zero attached hydrogens (tertiary/aromatic N) is 2. The molecule has 1 aliphatic heterocycles. The van der Waals surface area contributed by atoms with Crippen LogP contribution in [0.2, 0.25) is 10.0 Å². The molecule has 2 amide bonds. The fourth-order valence-corrected chi connectivity index (χ4v) is 4.68. The number of hydrogen-bond donors (Lipinski definition) is 0. The molecule has 160 valence electrons. The second-order valence-electron chi connectivity index (χ2n) is 8.02. The van der Waals surface area contributed by atoms with Gasteiger partial charge in [0.2, 0.25) is 5.91 Å². The molecule has 4 nitrogen and oxygen atoms in total. The molecule has 1 saturated heterocycles. The van der Waals surface area contributed by atoms with Crippen LogP contribution in [-0.2, 0) is 11.3 Å². The fourth-order valence-electron chi connectivity index (χ4n) is 4.21. The standard InChI is InChI=1S/C25H24Cl2N2O2/c1-28(16-19-9-10-20(26)15-23(19)27)24(30)18-11-13-29(14-12-18)25(31)22-8-4-6-17-5-2-3-7-21(17)22/h2-10,15,18H,11-14,16H2,1H3. The van der Waals surface area contributed by atoms with E-state index in [1.807, 2.05) is 53.4 Å². The summed E-state index contributed by atoms with van der Waals surface area (Å²) in [6, 6.07) is 19.0. The van der Waals surface area contributed by atoms with Crippen LogP contribution >= 0.6 is 23.2 Å². The normalized spacial score (nSPS) is 14.6. The Morgan fingerprint density at radius 1 is 1.00 bits per heavy atom. The maximum atomic E-state index is 13.1. The monoisotopic (exact) mass is 454 g/mol. The molecule has 1 fully saturated rings. The van der Waals surface area contributed by atoms with Crippen LogP contribution in [0.25, 0.3) is 10.8 Å². The summed E-state index contributed by atoms with van der Waals surface area (Å²) >= 11 is 12.2. The molecule has 1 aliphatic rings. The molecule has 6 heteroatoms. The molecule has 0 unspecified atom stereocenters. The number of rotatable bonds is 4. The molecule has 0 aromatic heterocycles. The lowest BCUT2D eigenvalue weighted by Crippen LogP contribution is -2.43. The number of benzene rings is 3. The minimum atomic E-state index is -0.0901. The molecule has 0 radical (unpaired) electrons. The maximum absolute atomic E-state index is 13.1. The third-order valence-corrected chi connectivity index (χ3v) is 6.54. The van der Waals surface area contributed by atoms with Crippen molar-refractivity contribution in [1.82, 2.24) is 9.80 Å². The van der Waals surface area contributed by atoms with Crippen LogP contribution in [0, 0.1) is 5.92 Å². The van der Waals surface area contributed by atoms with E-state index in [2.05, 4.69) is 0 Å². The summed E-state index contributed by atoms with van der Waals surface area (Å²) in [5, 5.41) is 3.15. The number of piperidine rings is 1. The first-order chi connectivity index (χ1) is 14.9. The second kappa shape index (κ2) is 9.29. The van der Waals surface area contributed by atoms with E-state index in [9.17, 15) is 9.59 Å². The van der Waals surface area contributed by atoms with Crippen LogP contribution in [0.4, 0.5) is 0 Å². The number of halogens is 2. The van der Waals surface area contributed by atoms with Crippen molar-refractivity contribution in [3.63, 3.8) is 0 Å². The van der Waals surface area contributed by atoms with Crippen LogP contribution in [0.5, 0.6) is 0 Å². The van der Waals surface area contributed by atoms with E-state index in [-0.39, 0.29) is 17.7 Å². The van der Waals surface area contributed by atoms with Crippen molar-refractivity contribution in [2.24, 2.45) is 5.92 Å². The van der Waals surface area contributed by atoms with Gasteiger partial charge in [-0.1, -0.05) is 65.7 Å². The smallest absolute Gasteiger partial charge is 0.254 e. The highest BCUT2D eigenvalue weighted by Crippen LogP contribution is 2.26. The highest BCUT2D eigenvalue weighted by atomic mass is 35.5. The Bertz CT molecular complexity index is 1120. The van der Waals surface area contributed by atoms with E-state index in [0.29, 0.717) is 42.5 Å². The van der Waals surface area contributed by atoms with Crippen molar-refractivity contribution in [3.8, 4) is 0 Å². The summed E-state index contributed by atoms with van der Waals surface area (Å²) in [6.07, 6.45) is 1.32. The molecule has 1 heterocycles. The first-order valence-electron chi connectivity index (χ1n) is 10.4. The van der Waals surface area contributed by atoms with Crippen molar-refractivity contribution >= 4 is 45.8 Å². The lowest BCUT2D eigenvalue weighted by atomic mass is 9.94. The molecule has 3 aromatic carbocycles. The zero-order valence-corrected chi connectivity index (χ0v) is 18.9. The van der Waals surface area contributed by atoms with Crippen molar-refractivity contribution in [2.75, 3.05) is 20.1 Å². The average Bonchev–Trinajstić information content (AvgIpc) is 2.79. The van der Waals surface area contributed by atoms with Gasteiger partial charge in [0.15, 0.2) is 0 Å². The van der Waals surface area contributed by atoms with Crippen LogP contribution in [0.15, 0.2) is 60.7 Å². The SMILES string of the molecule is CN(Cc1ccc(Cl)cc1Cl)C(=O)C1CCN(C(=O)c2cccc3ccccc23)CC1. The Morgan fingerprint density at radius 3 is 2.45 bits per heavy atom. The molecule has 0 bridgehead atoms. The van der Waals surface area contributed by atoms with Crippen LogP contribution in [-0.4, -0.2) is 41.8 Å². The molecular formula is C25H24Cl2N2O2. The average molecular weight is 455 g/mol. The number of carbonyl (C=O) groups excluding carboxylic acids is 2. The predicted octanol–water partition coefficient (Wildman–Crippen LogP) is 5.66. The minimum absolute atomic E-state index is 0.0315. The topological polar surface area (TPSA) is 40.6 Å². The van der Waals surface area contributed by atoms with Crippen molar-refractivity contribution in [2.45, 2.75) is 19.4 Å². The fraction of sp³-hybridized carbons (Fsp3) is 0.280. The maximum Gasteiger partial charge on any atom is 0.254 e. The van der Waals surface area contributed by atoms with Crippen molar-refractivity contribution in [3.05, 3.63) is 81.8 Å². The van der Waals surface area contributed by atoms with E-state index in [1.165, 1.54) is 0 Å². The molecule has 0 aliphatic carbocycles. The molecule has 4 rings (SSSR count). The van der Waals surface area contributed by atoms with Gasteiger partial charge in [0.25, 0.3) is 5.91 Å². The molecule has 3 aromatic rings. The number of amides is 2. The van der Waals surface area contributed by atoms with E-state index < -0.39 is 0 Å². The molecule has 31 heavy (non-hydrogen) atoms. The number of fused-ring (bicyclic) bond motifs is 1. The summed E-state index contributed by atoms with van der Waals surface area (Å²) in [5.74, 6) is 0.0277. The van der Waals surface area contributed by atoms with Gasteiger partial charge in [-0.05, 0) is 47.4 Å². The lowest BCUT2D eigenvalue weighted by molar-refractivity contribution is -0.136. The Labute approximate surface area is 192 Å². The Balaban J connectivity index is 1.38. The number of carbonyl (C=O) groups is 2. The molecule has 0 N–H and O–H groups in total. The second-order valence-corrected chi connectivity index (χ2v) is 8.87. The van der Waals surface area contributed by atoms with E-state index >= 15 is 0 Å². The van der Waals surface area contributed by atoms with Crippen molar-refractivity contribution in [1.29, 1.82) is 0 Å². The van der Waals surface area contributed by atoms with Gasteiger partial charge in [0.05, 0.1) is 0 Å². The van der Waals surface area contributed by atoms with Crippen LogP contribution in [0.3, 0.4) is 0 Å². The summed E-state index contributed by atoms with van der Waals surface area (Å²) in [5.41, 5.74) is 1.59. The number of likely N-dealkylation sites (tertiary alicyclic amines) is 1. The summed E-state index contributed by atoms with van der Waals surface area (Å²) in [6.45, 7) is 1.59. The van der Waals surface area contributed by atoms with Gasteiger partial charge in [-0.25, -0.2) is 0 Å². The lowest BCUT2D eigenvalue weighted by Gasteiger charge is -2.33. The van der Waals surface area contributed by atoms with Gasteiger partial charge in [-0.2, -0.15) is 0 Å². The van der Waals surface area contributed by atoms with Gasteiger partial charge in [0.1, 0.15) is 0 Å². The minimum Gasteiger partial charge on any atom is -0.341 e. The first kappa shape index (κ1) is 21.7. The molecule has 0 spiro atoms. The van der Waals surface area contributed by atoms with Gasteiger partial charge < -0.3 is 9.80 Å². The summed E-state index contributed by atoms with van der Waals surface area (Å²) in [4.78, 5) is 29.7. The van der Waals surface area contributed by atoms with E-state index in [4.69, 9.17) is 23.2 Å². The number of hydrogen-bond acceptors (Lipinski definition) is 2. The molecule has 0 atom stereocenters. The quantitative estimate of drug-likeness (QED) is 0.510. The Hall–Kier alpha value is -2.56. The Kier molecular flexibility index (Phi) is 6.49. The zero-order valence-electron chi connectivity index (χ0n) is 17.4. The van der Waals surface area contributed by atoms with Crippen LogP contribution in [0.1, 0.15) is 28.8 Å². The van der Waals surface area contributed by atoms with Crippen LogP contribution < -0.4 is 0 Å². The third-order valence-electron chi connectivity index (χ3n) is 5.95. The Morgan fingerprint density at radius 2 is 1.71 bits per heavy atom. The van der Waals surface area contributed by atoms with Gasteiger partial charge >= 0.3 is 0 Å². The van der Waals surface area contributed by atoms with Gasteiger partial charge in [-0.3, -0.25) is 9.59 Å². The van der Waals surface area contributed by atoms with E-state index in [0.717, 1.165) is 21.9 Å². The zero-order chi connectivity index (χ0) is 22.0.